The molecule has 0 amide bonds. The van der Waals surface area contributed by atoms with Crippen molar-refractivity contribution in [1.29, 1.82) is 0 Å². The van der Waals surface area contributed by atoms with Crippen molar-refractivity contribution in [3.63, 3.8) is 0 Å². The number of guanidine groups is 1. The third-order valence-electron chi connectivity index (χ3n) is 4.76. The molecular formula is C21H33F3N4O. The summed E-state index contributed by atoms with van der Waals surface area (Å²) in [4.78, 5) is 7.15. The summed E-state index contributed by atoms with van der Waals surface area (Å²) in [5.41, 5.74) is 1.65. The Labute approximate surface area is 171 Å². The summed E-state index contributed by atoms with van der Waals surface area (Å²) in [6.45, 7) is 7.52. The normalized spacial score (nSPS) is 16.8. The van der Waals surface area contributed by atoms with Gasteiger partial charge in [-0.05, 0) is 43.9 Å². The van der Waals surface area contributed by atoms with Gasteiger partial charge in [-0.1, -0.05) is 31.2 Å². The lowest BCUT2D eigenvalue weighted by Gasteiger charge is -2.32. The average Bonchev–Trinajstić information content (AvgIpc) is 2.67. The highest BCUT2D eigenvalue weighted by Crippen LogP contribution is 2.16. The highest BCUT2D eigenvalue weighted by Gasteiger charge is 2.27. The van der Waals surface area contributed by atoms with Crippen molar-refractivity contribution in [3.8, 4) is 0 Å². The minimum absolute atomic E-state index is 0.0638. The molecule has 0 spiro atoms. The molecule has 0 aliphatic carbocycles. The quantitative estimate of drug-likeness (QED) is 0.478. The van der Waals surface area contributed by atoms with E-state index in [1.54, 1.807) is 6.07 Å². The van der Waals surface area contributed by atoms with Crippen LogP contribution in [0.3, 0.4) is 0 Å². The number of nitrogens with one attached hydrogen (secondary N) is 2. The van der Waals surface area contributed by atoms with Crippen LogP contribution in [-0.4, -0.2) is 55.9 Å². The summed E-state index contributed by atoms with van der Waals surface area (Å²) < 4.78 is 41.4. The van der Waals surface area contributed by atoms with E-state index >= 15 is 0 Å². The van der Waals surface area contributed by atoms with Crippen molar-refractivity contribution >= 4 is 5.96 Å². The molecule has 1 heterocycles. The molecule has 2 rings (SSSR count). The van der Waals surface area contributed by atoms with E-state index < -0.39 is 12.8 Å². The fourth-order valence-electron chi connectivity index (χ4n) is 3.40. The lowest BCUT2D eigenvalue weighted by molar-refractivity contribution is -0.176. The van der Waals surface area contributed by atoms with E-state index in [9.17, 15) is 13.2 Å². The third-order valence-corrected chi connectivity index (χ3v) is 4.76. The standard InChI is InChI=1S/C21H33F3N4O/c1-3-10-28-11-8-19(9-12-28)27-20(25-4-2)26-14-17-6-5-7-18(13-17)15-29-16-21(22,23)24/h5-7,13,19H,3-4,8-12,14-16H2,1-2H3,(H2,25,26,27). The molecule has 1 aromatic carbocycles. The molecule has 0 saturated carbocycles. The summed E-state index contributed by atoms with van der Waals surface area (Å²) in [5.74, 6) is 0.778. The Kier molecular flexibility index (Phi) is 9.73. The third kappa shape index (κ3) is 9.49. The maximum atomic E-state index is 12.2. The topological polar surface area (TPSA) is 48.9 Å². The number of rotatable bonds is 9. The highest BCUT2D eigenvalue weighted by molar-refractivity contribution is 5.80. The number of hydrogen-bond donors (Lipinski definition) is 2. The summed E-state index contributed by atoms with van der Waals surface area (Å²) in [6.07, 6.45) is -0.934. The number of ether oxygens (including phenoxy) is 1. The molecule has 1 aliphatic rings. The second-order valence-corrected chi connectivity index (χ2v) is 7.38. The van der Waals surface area contributed by atoms with E-state index in [0.29, 0.717) is 18.2 Å². The fraction of sp³-hybridized carbons (Fsp3) is 0.667. The number of aliphatic imine (C=N–C) groups is 1. The Morgan fingerprint density at radius 3 is 2.59 bits per heavy atom. The van der Waals surface area contributed by atoms with Gasteiger partial charge in [0.1, 0.15) is 6.61 Å². The number of halogens is 3. The van der Waals surface area contributed by atoms with E-state index in [1.165, 1.54) is 6.42 Å². The van der Waals surface area contributed by atoms with Crippen molar-refractivity contribution in [3.05, 3.63) is 35.4 Å². The van der Waals surface area contributed by atoms with Crippen LogP contribution < -0.4 is 10.6 Å². The molecule has 1 aliphatic heterocycles. The van der Waals surface area contributed by atoms with Crippen LogP contribution in [0.4, 0.5) is 13.2 Å². The molecular weight excluding hydrogens is 381 g/mol. The monoisotopic (exact) mass is 414 g/mol. The van der Waals surface area contributed by atoms with E-state index in [1.807, 2.05) is 25.1 Å². The summed E-state index contributed by atoms with van der Waals surface area (Å²) >= 11 is 0. The zero-order valence-corrected chi connectivity index (χ0v) is 17.4. The predicted octanol–water partition coefficient (Wildman–Crippen LogP) is 3.70. The molecule has 0 unspecified atom stereocenters. The van der Waals surface area contributed by atoms with Gasteiger partial charge in [0.2, 0.25) is 0 Å². The molecule has 1 saturated heterocycles. The average molecular weight is 415 g/mol. The van der Waals surface area contributed by atoms with Gasteiger partial charge in [0.15, 0.2) is 5.96 Å². The van der Waals surface area contributed by atoms with Gasteiger partial charge in [-0.15, -0.1) is 0 Å². The van der Waals surface area contributed by atoms with Gasteiger partial charge in [0.05, 0.1) is 13.2 Å². The number of hydrogen-bond acceptors (Lipinski definition) is 3. The minimum Gasteiger partial charge on any atom is -0.367 e. The molecule has 0 radical (unpaired) electrons. The molecule has 164 valence electrons. The molecule has 5 nitrogen and oxygen atoms in total. The van der Waals surface area contributed by atoms with Gasteiger partial charge < -0.3 is 20.3 Å². The summed E-state index contributed by atoms with van der Waals surface area (Å²) in [6, 6.07) is 7.75. The maximum absolute atomic E-state index is 12.2. The van der Waals surface area contributed by atoms with Gasteiger partial charge in [-0.2, -0.15) is 13.2 Å². The number of benzene rings is 1. The van der Waals surface area contributed by atoms with Crippen LogP contribution in [0.1, 0.15) is 44.2 Å². The first-order valence-corrected chi connectivity index (χ1v) is 10.4. The fourth-order valence-corrected chi connectivity index (χ4v) is 3.40. The molecule has 0 atom stereocenters. The summed E-state index contributed by atoms with van der Waals surface area (Å²) in [5, 5.41) is 6.80. The lowest BCUT2D eigenvalue weighted by atomic mass is 10.1. The second kappa shape index (κ2) is 12.0. The molecule has 1 aromatic rings. The largest absolute Gasteiger partial charge is 0.411 e. The Hall–Kier alpha value is -1.80. The van der Waals surface area contributed by atoms with Gasteiger partial charge in [-0.25, -0.2) is 4.99 Å². The zero-order valence-electron chi connectivity index (χ0n) is 17.4. The van der Waals surface area contributed by atoms with E-state index in [2.05, 4.69) is 27.4 Å². The molecule has 29 heavy (non-hydrogen) atoms. The van der Waals surface area contributed by atoms with Crippen LogP contribution in [0.15, 0.2) is 29.3 Å². The Balaban J connectivity index is 1.87. The molecule has 1 fully saturated rings. The van der Waals surface area contributed by atoms with Crippen LogP contribution in [-0.2, 0) is 17.9 Å². The second-order valence-electron chi connectivity index (χ2n) is 7.38. The van der Waals surface area contributed by atoms with Crippen LogP contribution >= 0.6 is 0 Å². The van der Waals surface area contributed by atoms with Crippen molar-refractivity contribution in [2.75, 3.05) is 32.8 Å². The van der Waals surface area contributed by atoms with Crippen molar-refractivity contribution in [2.24, 2.45) is 4.99 Å². The van der Waals surface area contributed by atoms with Crippen LogP contribution in [0, 0.1) is 0 Å². The van der Waals surface area contributed by atoms with E-state index in [0.717, 1.165) is 50.5 Å². The predicted molar refractivity (Wildman–Crippen MR) is 110 cm³/mol. The molecule has 2 N–H and O–H groups in total. The highest BCUT2D eigenvalue weighted by atomic mass is 19.4. The molecule has 0 aromatic heterocycles. The minimum atomic E-state index is -4.30. The zero-order chi connectivity index (χ0) is 21.1. The first-order chi connectivity index (χ1) is 13.9. The Morgan fingerprint density at radius 1 is 1.21 bits per heavy atom. The van der Waals surface area contributed by atoms with Crippen molar-refractivity contribution < 1.29 is 17.9 Å². The van der Waals surface area contributed by atoms with Gasteiger partial charge in [0, 0.05) is 25.7 Å². The molecule has 0 bridgehead atoms. The van der Waals surface area contributed by atoms with Gasteiger partial charge in [0.25, 0.3) is 0 Å². The van der Waals surface area contributed by atoms with Crippen LogP contribution in [0.5, 0.6) is 0 Å². The number of alkyl halides is 3. The first-order valence-electron chi connectivity index (χ1n) is 10.4. The van der Waals surface area contributed by atoms with Crippen LogP contribution in [0.25, 0.3) is 0 Å². The Bertz CT molecular complexity index is 629. The maximum Gasteiger partial charge on any atom is 0.411 e. The van der Waals surface area contributed by atoms with E-state index in [-0.39, 0.29) is 6.61 Å². The summed E-state index contributed by atoms with van der Waals surface area (Å²) in [7, 11) is 0. The Morgan fingerprint density at radius 2 is 1.93 bits per heavy atom. The number of likely N-dealkylation sites (tertiary alicyclic amines) is 1. The van der Waals surface area contributed by atoms with Crippen LogP contribution in [0.2, 0.25) is 0 Å². The smallest absolute Gasteiger partial charge is 0.367 e. The number of nitrogens with zero attached hydrogens (tertiary/aromatic N) is 2. The lowest BCUT2D eigenvalue weighted by Crippen LogP contribution is -2.48. The number of piperidine rings is 1. The van der Waals surface area contributed by atoms with E-state index in [4.69, 9.17) is 4.74 Å². The van der Waals surface area contributed by atoms with Crippen molar-refractivity contribution in [1.82, 2.24) is 15.5 Å². The molecule has 8 heteroatoms. The van der Waals surface area contributed by atoms with Gasteiger partial charge >= 0.3 is 6.18 Å². The first kappa shape index (κ1) is 23.5. The SMILES string of the molecule is CCCN1CCC(NC(=NCc2cccc(COCC(F)(F)F)c2)NCC)CC1. The van der Waals surface area contributed by atoms with Gasteiger partial charge in [-0.3, -0.25) is 0 Å². The van der Waals surface area contributed by atoms with Crippen molar-refractivity contribution in [2.45, 2.75) is 58.5 Å².